The van der Waals surface area contributed by atoms with E-state index in [9.17, 15) is 4.39 Å². The third kappa shape index (κ3) is 0.984. The maximum absolute atomic E-state index is 12.8. The Labute approximate surface area is 57.5 Å². The Morgan fingerprint density at radius 1 is 1.50 bits per heavy atom. The molecule has 0 fully saturated rings. The number of halogens is 2. The smallest absolute Gasteiger partial charge is 0.141 e. The highest BCUT2D eigenvalue weighted by atomic mass is 35.5. The SMILES string of the molecule is [2H]c1c([2H])c([2H])c(Cl)c(F)c1[2H]. The lowest BCUT2D eigenvalue weighted by Crippen LogP contribution is -1.70. The van der Waals surface area contributed by atoms with Gasteiger partial charge in [-0.3, -0.25) is 0 Å². The highest BCUT2D eigenvalue weighted by molar-refractivity contribution is 6.30. The van der Waals surface area contributed by atoms with Gasteiger partial charge in [-0.2, -0.15) is 0 Å². The van der Waals surface area contributed by atoms with Crippen molar-refractivity contribution in [2.45, 2.75) is 0 Å². The monoisotopic (exact) mass is 134 g/mol. The van der Waals surface area contributed by atoms with E-state index in [4.69, 9.17) is 17.1 Å². The Hall–Kier alpha value is -0.560. The Bertz CT molecular complexity index is 234. The van der Waals surface area contributed by atoms with Gasteiger partial charge in [0.15, 0.2) is 0 Å². The molecule has 0 saturated heterocycles. The van der Waals surface area contributed by atoms with Crippen LogP contribution >= 0.6 is 11.6 Å². The molecule has 1 aromatic carbocycles. The quantitative estimate of drug-likeness (QED) is 0.512. The van der Waals surface area contributed by atoms with Gasteiger partial charge in [-0.05, 0) is 12.1 Å². The summed E-state index contributed by atoms with van der Waals surface area (Å²) < 4.78 is 40.9. The van der Waals surface area contributed by atoms with Crippen LogP contribution in [0, 0.1) is 5.82 Å². The van der Waals surface area contributed by atoms with Gasteiger partial charge in [0.2, 0.25) is 0 Å². The molecule has 0 aromatic heterocycles. The molecule has 8 heavy (non-hydrogen) atoms. The average molecular weight is 135 g/mol. The molecule has 0 amide bonds. The molecule has 0 radical (unpaired) electrons. The van der Waals surface area contributed by atoms with Gasteiger partial charge in [-0.1, -0.05) is 23.7 Å². The van der Waals surface area contributed by atoms with Crippen LogP contribution in [0.2, 0.25) is 5.02 Å². The Morgan fingerprint density at radius 2 is 2.12 bits per heavy atom. The lowest BCUT2D eigenvalue weighted by molar-refractivity contribution is 0.628. The number of rotatable bonds is 0. The van der Waals surface area contributed by atoms with Crippen LogP contribution in [0.1, 0.15) is 5.48 Å². The summed E-state index contributed by atoms with van der Waals surface area (Å²) in [5, 5.41) is -0.569. The van der Waals surface area contributed by atoms with Crippen LogP contribution in [0.5, 0.6) is 0 Å². The summed E-state index contributed by atoms with van der Waals surface area (Å²) in [5.41, 5.74) is 0. The first-order valence-electron chi connectivity index (χ1n) is 3.88. The Balaban J connectivity index is 3.60. The molecule has 0 N–H and O–H groups in total. The van der Waals surface area contributed by atoms with E-state index in [0.29, 0.717) is 0 Å². The van der Waals surface area contributed by atoms with Crippen LogP contribution in [0.3, 0.4) is 0 Å². The van der Waals surface area contributed by atoms with Crippen LogP contribution < -0.4 is 0 Å². The summed E-state index contributed by atoms with van der Waals surface area (Å²) >= 11 is 5.27. The van der Waals surface area contributed by atoms with Gasteiger partial charge in [0.1, 0.15) is 5.82 Å². The molecule has 0 atom stereocenters. The third-order valence-electron chi connectivity index (χ3n) is 0.600. The van der Waals surface area contributed by atoms with E-state index in [0.717, 1.165) is 0 Å². The molecule has 0 bridgehead atoms. The maximum Gasteiger partial charge on any atom is 0.141 e. The van der Waals surface area contributed by atoms with Gasteiger partial charge in [0.25, 0.3) is 0 Å². The van der Waals surface area contributed by atoms with Crippen molar-refractivity contribution in [1.29, 1.82) is 0 Å². The van der Waals surface area contributed by atoms with Crippen molar-refractivity contribution < 1.29 is 9.87 Å². The van der Waals surface area contributed by atoms with Gasteiger partial charge < -0.3 is 0 Å². The Morgan fingerprint density at radius 3 is 2.88 bits per heavy atom. The highest BCUT2D eigenvalue weighted by Gasteiger charge is 1.91. The van der Waals surface area contributed by atoms with Crippen molar-refractivity contribution >= 4 is 11.6 Å². The first-order chi connectivity index (χ1) is 5.46. The normalized spacial score (nSPS) is 16.2. The van der Waals surface area contributed by atoms with E-state index < -0.39 is 35.0 Å². The van der Waals surface area contributed by atoms with E-state index >= 15 is 0 Å². The second-order valence-corrected chi connectivity index (χ2v) is 1.51. The summed E-state index contributed by atoms with van der Waals surface area (Å²) in [6, 6.07) is -2.41. The summed E-state index contributed by atoms with van der Waals surface area (Å²) in [7, 11) is 0. The maximum atomic E-state index is 12.8. The van der Waals surface area contributed by atoms with Crippen molar-refractivity contribution in [2.75, 3.05) is 0 Å². The molecule has 0 aliphatic rings. The summed E-state index contributed by atoms with van der Waals surface area (Å²) in [6.07, 6.45) is 0. The van der Waals surface area contributed by atoms with Crippen LogP contribution in [-0.2, 0) is 0 Å². The Kier molecular flexibility index (Phi) is 0.630. The topological polar surface area (TPSA) is 0 Å². The zero-order valence-corrected chi connectivity index (χ0v) is 4.51. The fourth-order valence-electron chi connectivity index (χ4n) is 0.282. The predicted molar refractivity (Wildman–Crippen MR) is 31.4 cm³/mol. The van der Waals surface area contributed by atoms with Gasteiger partial charge >= 0.3 is 0 Å². The molecular formula is C6H4ClF. The molecular weight excluding hydrogens is 127 g/mol. The molecule has 2 heteroatoms. The summed E-state index contributed by atoms with van der Waals surface area (Å²) in [4.78, 5) is 0. The third-order valence-corrected chi connectivity index (χ3v) is 0.860. The molecule has 0 unspecified atom stereocenters. The number of hydrogen-bond donors (Lipinski definition) is 0. The molecule has 42 valence electrons. The van der Waals surface area contributed by atoms with Crippen LogP contribution in [0.25, 0.3) is 0 Å². The molecule has 0 aliphatic heterocycles. The van der Waals surface area contributed by atoms with E-state index in [1.54, 1.807) is 0 Å². The van der Waals surface area contributed by atoms with Gasteiger partial charge in [-0.15, -0.1) is 0 Å². The zero-order valence-electron chi connectivity index (χ0n) is 7.76. The predicted octanol–water partition coefficient (Wildman–Crippen LogP) is 2.48. The van der Waals surface area contributed by atoms with E-state index in [-0.39, 0.29) is 0 Å². The molecule has 0 heterocycles. The van der Waals surface area contributed by atoms with Crippen molar-refractivity contribution in [3.05, 3.63) is 35.0 Å². The fourth-order valence-corrected chi connectivity index (χ4v) is 0.376. The minimum atomic E-state index is -1.11. The standard InChI is InChI=1S/C6H4ClF/c7-5-3-1-2-4-6(5)8/h1-4H/i1D,2D,3D,4D. The van der Waals surface area contributed by atoms with Crippen LogP contribution in [0.15, 0.2) is 24.2 Å². The van der Waals surface area contributed by atoms with Crippen molar-refractivity contribution in [1.82, 2.24) is 0 Å². The molecule has 0 saturated carbocycles. The summed E-state index contributed by atoms with van der Waals surface area (Å²) in [5.74, 6) is -1.11. The highest BCUT2D eigenvalue weighted by Crippen LogP contribution is 2.11. The fraction of sp³-hybridized carbons (Fsp3) is 0. The molecule has 1 aromatic rings. The van der Waals surface area contributed by atoms with Gasteiger partial charge in [-0.25, -0.2) is 4.39 Å². The largest absolute Gasteiger partial charge is 0.205 e. The van der Waals surface area contributed by atoms with Gasteiger partial charge in [0.05, 0.1) is 10.5 Å². The minimum Gasteiger partial charge on any atom is -0.205 e. The second-order valence-electron chi connectivity index (χ2n) is 1.13. The van der Waals surface area contributed by atoms with Crippen molar-refractivity contribution in [3.63, 3.8) is 0 Å². The van der Waals surface area contributed by atoms with Gasteiger partial charge in [0, 0.05) is 0 Å². The molecule has 0 aliphatic carbocycles. The molecule has 0 nitrogen and oxygen atoms in total. The second kappa shape index (κ2) is 2.14. The van der Waals surface area contributed by atoms with Crippen molar-refractivity contribution in [2.24, 2.45) is 0 Å². The minimum absolute atomic E-state index is 0.522. The molecule has 1 rings (SSSR count). The van der Waals surface area contributed by atoms with E-state index in [1.165, 1.54) is 0 Å². The zero-order chi connectivity index (χ0) is 9.46. The van der Waals surface area contributed by atoms with E-state index in [1.807, 2.05) is 0 Å². The lowest BCUT2D eigenvalue weighted by Gasteiger charge is -1.86. The lowest BCUT2D eigenvalue weighted by atomic mass is 10.4. The van der Waals surface area contributed by atoms with Crippen LogP contribution in [0.4, 0.5) is 4.39 Å². The van der Waals surface area contributed by atoms with E-state index in [2.05, 4.69) is 0 Å². The number of benzene rings is 1. The first-order valence-corrected chi connectivity index (χ1v) is 2.26. The number of hydrogen-bond acceptors (Lipinski definition) is 0. The van der Waals surface area contributed by atoms with Crippen LogP contribution in [-0.4, -0.2) is 0 Å². The summed E-state index contributed by atoms with van der Waals surface area (Å²) in [6.45, 7) is 0. The van der Waals surface area contributed by atoms with Crippen molar-refractivity contribution in [3.8, 4) is 0 Å². The first kappa shape index (κ1) is 2.36. The molecule has 0 spiro atoms. The average Bonchev–Trinajstić information content (AvgIpc) is 2.08.